The Morgan fingerprint density at radius 1 is 1.18 bits per heavy atom. The van der Waals surface area contributed by atoms with E-state index in [2.05, 4.69) is 31.5 Å². The van der Waals surface area contributed by atoms with Crippen molar-refractivity contribution in [1.29, 1.82) is 0 Å². The van der Waals surface area contributed by atoms with Gasteiger partial charge in [0, 0.05) is 28.7 Å². The number of carbonyl (C=O) groups excluding carboxylic acids is 2. The van der Waals surface area contributed by atoms with E-state index in [9.17, 15) is 9.59 Å². The van der Waals surface area contributed by atoms with Crippen LogP contribution < -0.4 is 10.6 Å². The maximum absolute atomic E-state index is 13.1. The van der Waals surface area contributed by atoms with E-state index in [1.165, 1.54) is 0 Å². The molecule has 0 aliphatic heterocycles. The van der Waals surface area contributed by atoms with E-state index in [-0.39, 0.29) is 12.3 Å². The van der Waals surface area contributed by atoms with Gasteiger partial charge in [0.1, 0.15) is 11.6 Å². The molecule has 1 atom stereocenters. The Kier molecular flexibility index (Phi) is 7.81. The first kappa shape index (κ1) is 24.8. The number of hydrogen-bond acceptors (Lipinski definition) is 4. The summed E-state index contributed by atoms with van der Waals surface area (Å²) >= 11 is 9.74. The van der Waals surface area contributed by atoms with Crippen LogP contribution in [0.4, 0.5) is 10.5 Å². The molecule has 0 bridgehead atoms. The van der Waals surface area contributed by atoms with E-state index < -0.39 is 17.7 Å². The van der Waals surface area contributed by atoms with Gasteiger partial charge in [0.05, 0.1) is 18.2 Å². The van der Waals surface area contributed by atoms with Crippen molar-refractivity contribution >= 4 is 45.2 Å². The molecule has 3 aromatic rings. The number of amides is 2. The number of hydrogen-bond donors (Lipinski definition) is 2. The van der Waals surface area contributed by atoms with Gasteiger partial charge in [-0.15, -0.1) is 0 Å². The van der Waals surface area contributed by atoms with Gasteiger partial charge < -0.3 is 19.9 Å². The van der Waals surface area contributed by atoms with E-state index in [0.29, 0.717) is 16.3 Å². The number of benzene rings is 2. The number of aromatic nitrogens is 2. The van der Waals surface area contributed by atoms with Crippen LogP contribution in [0.25, 0.3) is 11.3 Å². The number of carbonyl (C=O) groups is 2. The average molecular weight is 534 g/mol. The highest BCUT2D eigenvalue weighted by Gasteiger charge is 2.25. The van der Waals surface area contributed by atoms with E-state index in [1.807, 2.05) is 35.9 Å². The monoisotopic (exact) mass is 532 g/mol. The Balaban J connectivity index is 1.78. The first-order valence-electron chi connectivity index (χ1n) is 10.3. The molecular formula is C24H26BrClN4O3. The summed E-state index contributed by atoms with van der Waals surface area (Å²) in [4.78, 5) is 29.7. The summed E-state index contributed by atoms with van der Waals surface area (Å²) in [7, 11) is 1.91. The smallest absolute Gasteiger partial charge is 0.408 e. The van der Waals surface area contributed by atoms with Crippen molar-refractivity contribution in [3.63, 3.8) is 0 Å². The molecule has 0 radical (unpaired) electrons. The van der Waals surface area contributed by atoms with Gasteiger partial charge in [-0.2, -0.15) is 0 Å². The number of anilines is 1. The number of aryl methyl sites for hydroxylation is 1. The Hall–Kier alpha value is -2.84. The number of alkyl carbamates (subject to hydrolysis) is 1. The summed E-state index contributed by atoms with van der Waals surface area (Å²) < 4.78 is 8.08. The highest BCUT2D eigenvalue weighted by atomic mass is 79.9. The van der Waals surface area contributed by atoms with Gasteiger partial charge in [-0.3, -0.25) is 4.79 Å². The second kappa shape index (κ2) is 10.4. The van der Waals surface area contributed by atoms with Crippen molar-refractivity contribution in [3.8, 4) is 11.3 Å². The molecule has 1 heterocycles. The van der Waals surface area contributed by atoms with Crippen LogP contribution >= 0.6 is 27.5 Å². The summed E-state index contributed by atoms with van der Waals surface area (Å²) in [6.07, 6.45) is 3.01. The lowest BCUT2D eigenvalue weighted by atomic mass is 10.0. The lowest BCUT2D eigenvalue weighted by Gasteiger charge is -2.23. The van der Waals surface area contributed by atoms with Crippen molar-refractivity contribution in [3.05, 3.63) is 70.0 Å². The average Bonchev–Trinajstić information content (AvgIpc) is 3.15. The second-order valence-electron chi connectivity index (χ2n) is 8.60. The third-order valence-electron chi connectivity index (χ3n) is 4.70. The minimum absolute atomic E-state index is 0.191. The Labute approximate surface area is 206 Å². The summed E-state index contributed by atoms with van der Waals surface area (Å²) in [5.41, 5.74) is 2.55. The highest BCUT2D eigenvalue weighted by molar-refractivity contribution is 9.10. The van der Waals surface area contributed by atoms with Gasteiger partial charge in [-0.1, -0.05) is 39.7 Å². The molecular weight excluding hydrogens is 508 g/mol. The highest BCUT2D eigenvalue weighted by Crippen LogP contribution is 2.24. The second-order valence-corrected chi connectivity index (χ2v) is 9.92. The summed E-state index contributed by atoms with van der Waals surface area (Å²) in [5, 5.41) is 6.04. The predicted molar refractivity (Wildman–Crippen MR) is 133 cm³/mol. The van der Waals surface area contributed by atoms with Crippen LogP contribution in [0.1, 0.15) is 26.3 Å². The van der Waals surface area contributed by atoms with Crippen molar-refractivity contribution in [1.82, 2.24) is 14.9 Å². The quantitative estimate of drug-likeness (QED) is 0.433. The first-order valence-corrected chi connectivity index (χ1v) is 11.5. The SMILES string of the molecule is Cn1cncc1-c1ccc(NC(=O)C(Cc2cc(Br)ccc2Cl)NC(=O)OC(C)(C)C)cc1. The molecule has 1 aromatic heterocycles. The van der Waals surface area contributed by atoms with Gasteiger partial charge in [0.25, 0.3) is 0 Å². The third-order valence-corrected chi connectivity index (χ3v) is 5.57. The Morgan fingerprint density at radius 3 is 2.48 bits per heavy atom. The van der Waals surface area contributed by atoms with Crippen molar-refractivity contribution < 1.29 is 14.3 Å². The van der Waals surface area contributed by atoms with Crippen LogP contribution in [0.3, 0.4) is 0 Å². The number of imidazole rings is 1. The van der Waals surface area contributed by atoms with Crippen molar-refractivity contribution in [2.75, 3.05) is 5.32 Å². The minimum atomic E-state index is -0.900. The molecule has 2 aromatic carbocycles. The molecule has 9 heteroatoms. The molecule has 33 heavy (non-hydrogen) atoms. The zero-order valence-corrected chi connectivity index (χ0v) is 21.2. The van der Waals surface area contributed by atoms with E-state index in [4.69, 9.17) is 16.3 Å². The van der Waals surface area contributed by atoms with E-state index in [1.54, 1.807) is 51.5 Å². The molecule has 0 aliphatic rings. The van der Waals surface area contributed by atoms with Crippen LogP contribution in [-0.4, -0.2) is 33.2 Å². The third kappa shape index (κ3) is 7.07. The molecule has 0 aliphatic carbocycles. The topological polar surface area (TPSA) is 85.3 Å². The number of rotatable bonds is 6. The summed E-state index contributed by atoms with van der Waals surface area (Å²) in [6, 6.07) is 11.9. The number of nitrogens with zero attached hydrogens (tertiary/aromatic N) is 2. The van der Waals surface area contributed by atoms with Crippen LogP contribution in [0, 0.1) is 0 Å². The molecule has 2 amide bonds. The van der Waals surface area contributed by atoms with Gasteiger partial charge in [0.15, 0.2) is 0 Å². The summed E-state index contributed by atoms with van der Waals surface area (Å²) in [6.45, 7) is 5.28. The van der Waals surface area contributed by atoms with Crippen molar-refractivity contribution in [2.24, 2.45) is 7.05 Å². The largest absolute Gasteiger partial charge is 0.444 e. The molecule has 1 unspecified atom stereocenters. The van der Waals surface area contributed by atoms with Gasteiger partial charge in [0.2, 0.25) is 5.91 Å². The molecule has 0 fully saturated rings. The molecule has 0 spiro atoms. The van der Waals surface area contributed by atoms with Gasteiger partial charge in [-0.25, -0.2) is 9.78 Å². The van der Waals surface area contributed by atoms with Gasteiger partial charge in [-0.05, 0) is 62.2 Å². The van der Waals surface area contributed by atoms with Crippen molar-refractivity contribution in [2.45, 2.75) is 38.8 Å². The minimum Gasteiger partial charge on any atom is -0.444 e. The molecule has 0 saturated carbocycles. The molecule has 2 N–H and O–H groups in total. The van der Waals surface area contributed by atoms with Gasteiger partial charge >= 0.3 is 6.09 Å². The lowest BCUT2D eigenvalue weighted by Crippen LogP contribution is -2.47. The van der Waals surface area contributed by atoms with Crippen LogP contribution in [0.15, 0.2) is 59.5 Å². The molecule has 3 rings (SSSR count). The van der Waals surface area contributed by atoms with Crippen LogP contribution in [-0.2, 0) is 23.0 Å². The standard InChI is InChI=1S/C24H26BrClN4O3/c1-24(2,3)33-23(32)29-20(12-16-11-17(25)7-10-19(16)26)22(31)28-18-8-5-15(6-9-18)21-13-27-14-30(21)4/h5-11,13-14,20H,12H2,1-4H3,(H,28,31)(H,29,32). The fourth-order valence-corrected chi connectivity index (χ4v) is 3.77. The zero-order valence-electron chi connectivity index (χ0n) is 18.9. The van der Waals surface area contributed by atoms with E-state index in [0.717, 1.165) is 15.7 Å². The lowest BCUT2D eigenvalue weighted by molar-refractivity contribution is -0.118. The molecule has 0 saturated heterocycles. The fraction of sp³-hybridized carbons (Fsp3) is 0.292. The number of halogens is 2. The zero-order chi connectivity index (χ0) is 24.2. The number of ether oxygens (including phenoxy) is 1. The van der Waals surface area contributed by atoms with E-state index >= 15 is 0 Å². The van der Waals surface area contributed by atoms with Crippen LogP contribution in [0.2, 0.25) is 5.02 Å². The Bertz CT molecular complexity index is 1140. The maximum atomic E-state index is 13.1. The number of nitrogens with one attached hydrogen (secondary N) is 2. The molecule has 174 valence electrons. The molecule has 7 nitrogen and oxygen atoms in total. The normalized spacial score (nSPS) is 12.2. The Morgan fingerprint density at radius 2 is 1.88 bits per heavy atom. The fourth-order valence-electron chi connectivity index (χ4n) is 3.17. The maximum Gasteiger partial charge on any atom is 0.408 e. The predicted octanol–water partition coefficient (Wildman–Crippen LogP) is 5.58. The summed E-state index contributed by atoms with van der Waals surface area (Å²) in [5.74, 6) is -0.384. The van der Waals surface area contributed by atoms with Crippen LogP contribution in [0.5, 0.6) is 0 Å². The first-order chi connectivity index (χ1) is 15.5.